The van der Waals surface area contributed by atoms with E-state index in [1.807, 2.05) is 6.92 Å². The summed E-state index contributed by atoms with van der Waals surface area (Å²) >= 11 is 0. The van der Waals surface area contributed by atoms with Gasteiger partial charge in [-0.15, -0.1) is 0 Å². The highest BCUT2D eigenvalue weighted by molar-refractivity contribution is 5.76. The van der Waals surface area contributed by atoms with Gasteiger partial charge < -0.3 is 0 Å². The zero-order valence-electron chi connectivity index (χ0n) is 4.76. The van der Waals surface area contributed by atoms with Gasteiger partial charge in [0.15, 0.2) is 0 Å². The Bertz CT molecular complexity index is 137. The molecule has 1 aliphatic rings. The molecule has 2 heteroatoms. The van der Waals surface area contributed by atoms with E-state index in [0.717, 1.165) is 6.42 Å². The molecule has 44 valence electrons. The summed E-state index contributed by atoms with van der Waals surface area (Å²) in [5, 5.41) is 0. The molecule has 0 radical (unpaired) electrons. The first-order chi connectivity index (χ1) is 3.79. The third-order valence-electron chi connectivity index (χ3n) is 1.11. The first kappa shape index (κ1) is 5.48. The second-order valence-corrected chi connectivity index (χ2v) is 1.95. The van der Waals surface area contributed by atoms with Gasteiger partial charge in [-0.25, -0.2) is 4.39 Å². The highest BCUT2D eigenvalue weighted by atomic mass is 19.1. The molecule has 8 heavy (non-hydrogen) atoms. The van der Waals surface area contributed by atoms with Crippen LogP contribution in [-0.2, 0) is 0 Å². The highest BCUT2D eigenvalue weighted by Gasteiger charge is 2.01. The van der Waals surface area contributed by atoms with Gasteiger partial charge in [-0.2, -0.15) is 0 Å². The maximum absolute atomic E-state index is 12.1. The van der Waals surface area contributed by atoms with Crippen molar-refractivity contribution < 1.29 is 4.39 Å². The number of hydrogen-bond acceptors (Lipinski definition) is 1. The van der Waals surface area contributed by atoms with Gasteiger partial charge in [0, 0.05) is 0 Å². The molecular weight excluding hydrogens is 105 g/mol. The summed E-state index contributed by atoms with van der Waals surface area (Å²) in [6.07, 6.45) is 3.56. The maximum Gasteiger partial charge on any atom is 0.137 e. The molecule has 1 atom stereocenters. The van der Waals surface area contributed by atoms with Crippen molar-refractivity contribution in [3.8, 4) is 0 Å². The van der Waals surface area contributed by atoms with E-state index in [0.29, 0.717) is 0 Å². The number of nitrogens with zero attached hydrogens (tertiary/aromatic N) is 1. The summed E-state index contributed by atoms with van der Waals surface area (Å²) in [4.78, 5) is 3.84. The van der Waals surface area contributed by atoms with Crippen LogP contribution in [0.2, 0.25) is 0 Å². The van der Waals surface area contributed by atoms with E-state index >= 15 is 0 Å². The zero-order chi connectivity index (χ0) is 5.98. The molecule has 0 saturated carbocycles. The summed E-state index contributed by atoms with van der Waals surface area (Å²) in [7, 11) is 0. The molecule has 0 bridgehead atoms. The summed E-state index contributed by atoms with van der Waals surface area (Å²) in [6, 6.07) is 0.273. The Hall–Kier alpha value is -0.660. The molecule has 0 saturated heterocycles. The van der Waals surface area contributed by atoms with E-state index in [-0.39, 0.29) is 11.9 Å². The van der Waals surface area contributed by atoms with E-state index in [1.165, 1.54) is 6.21 Å². The third kappa shape index (κ3) is 1.15. The fraction of sp³-hybridized carbons (Fsp3) is 0.500. The summed E-state index contributed by atoms with van der Waals surface area (Å²) in [6.45, 7) is 1.96. The molecule has 1 unspecified atom stereocenters. The molecule has 0 fully saturated rings. The Kier molecular flexibility index (Phi) is 1.42. The topological polar surface area (TPSA) is 12.4 Å². The molecule has 0 aromatic heterocycles. The normalized spacial score (nSPS) is 27.8. The lowest BCUT2D eigenvalue weighted by molar-refractivity contribution is 0.647. The molecule has 0 spiro atoms. The fourth-order valence-electron chi connectivity index (χ4n) is 0.595. The average Bonchev–Trinajstić information content (AvgIpc) is 1.77. The van der Waals surface area contributed by atoms with Gasteiger partial charge in [-0.1, -0.05) is 0 Å². The van der Waals surface area contributed by atoms with Gasteiger partial charge in [-0.05, 0) is 19.4 Å². The highest BCUT2D eigenvalue weighted by Crippen LogP contribution is 2.07. The molecule has 0 amide bonds. The Morgan fingerprint density at radius 2 is 2.62 bits per heavy atom. The fourth-order valence-corrected chi connectivity index (χ4v) is 0.595. The second-order valence-electron chi connectivity index (χ2n) is 1.95. The molecule has 0 aromatic carbocycles. The van der Waals surface area contributed by atoms with Crippen LogP contribution in [-0.4, -0.2) is 12.3 Å². The lowest BCUT2D eigenvalue weighted by atomic mass is 10.2. The van der Waals surface area contributed by atoms with Crippen LogP contribution in [0.4, 0.5) is 4.39 Å². The van der Waals surface area contributed by atoms with Crippen LogP contribution in [0.1, 0.15) is 13.3 Å². The van der Waals surface area contributed by atoms with Crippen molar-refractivity contribution in [3.05, 3.63) is 11.9 Å². The Morgan fingerprint density at radius 1 is 1.88 bits per heavy atom. The molecule has 1 aliphatic heterocycles. The number of rotatable bonds is 0. The minimum Gasteiger partial charge on any atom is -0.287 e. The number of dihydropyridines is 1. The molecule has 1 nitrogen and oxygen atoms in total. The van der Waals surface area contributed by atoms with Gasteiger partial charge in [0.1, 0.15) is 5.83 Å². The first-order valence-corrected chi connectivity index (χ1v) is 2.68. The van der Waals surface area contributed by atoms with Crippen molar-refractivity contribution in [2.24, 2.45) is 4.99 Å². The lowest BCUT2D eigenvalue weighted by Gasteiger charge is -2.04. The van der Waals surface area contributed by atoms with E-state index in [4.69, 9.17) is 0 Å². The van der Waals surface area contributed by atoms with Gasteiger partial charge in [0.05, 0.1) is 12.3 Å². The van der Waals surface area contributed by atoms with Crippen LogP contribution < -0.4 is 0 Å². The minimum atomic E-state index is -0.205. The van der Waals surface area contributed by atoms with Gasteiger partial charge in [0.25, 0.3) is 0 Å². The van der Waals surface area contributed by atoms with E-state index in [2.05, 4.69) is 4.99 Å². The molecule has 1 heterocycles. The average molecular weight is 113 g/mol. The largest absolute Gasteiger partial charge is 0.287 e. The van der Waals surface area contributed by atoms with E-state index in [9.17, 15) is 4.39 Å². The van der Waals surface area contributed by atoms with Crippen LogP contribution in [0.3, 0.4) is 0 Å². The lowest BCUT2D eigenvalue weighted by Crippen LogP contribution is -2.00. The van der Waals surface area contributed by atoms with Gasteiger partial charge in [-0.3, -0.25) is 4.99 Å². The minimum absolute atomic E-state index is 0.205. The molecule has 0 aromatic rings. The zero-order valence-corrected chi connectivity index (χ0v) is 4.76. The van der Waals surface area contributed by atoms with Crippen molar-refractivity contribution in [2.75, 3.05) is 0 Å². The summed E-state index contributed by atoms with van der Waals surface area (Å²) in [5.74, 6) is -0.205. The van der Waals surface area contributed by atoms with Gasteiger partial charge in [0.2, 0.25) is 0 Å². The number of halogens is 1. The van der Waals surface area contributed by atoms with Crippen molar-refractivity contribution in [1.82, 2.24) is 0 Å². The Labute approximate surface area is 47.9 Å². The van der Waals surface area contributed by atoms with Crippen LogP contribution >= 0.6 is 0 Å². The van der Waals surface area contributed by atoms with Crippen molar-refractivity contribution >= 4 is 6.21 Å². The van der Waals surface area contributed by atoms with E-state index < -0.39 is 0 Å². The quantitative estimate of drug-likeness (QED) is 0.453. The molecule has 1 rings (SSSR count). The molecule has 0 aliphatic carbocycles. The predicted molar refractivity (Wildman–Crippen MR) is 31.8 cm³/mol. The number of aliphatic imine (C=N–C) groups is 1. The van der Waals surface area contributed by atoms with Gasteiger partial charge >= 0.3 is 0 Å². The third-order valence-corrected chi connectivity index (χ3v) is 1.11. The van der Waals surface area contributed by atoms with Crippen LogP contribution in [0.15, 0.2) is 16.9 Å². The standard InChI is InChI=1S/C6H8FN/c1-5-2-3-6(7)4-8-5/h3-5H,2H2,1H3. The monoisotopic (exact) mass is 113 g/mol. The van der Waals surface area contributed by atoms with Crippen LogP contribution in [0.5, 0.6) is 0 Å². The van der Waals surface area contributed by atoms with Crippen molar-refractivity contribution in [2.45, 2.75) is 19.4 Å². The number of hydrogen-bond donors (Lipinski definition) is 0. The molecular formula is C6H8FN. The van der Waals surface area contributed by atoms with Crippen molar-refractivity contribution in [1.29, 1.82) is 0 Å². The molecule has 0 N–H and O–H groups in total. The maximum atomic E-state index is 12.1. The van der Waals surface area contributed by atoms with E-state index in [1.54, 1.807) is 6.08 Å². The second kappa shape index (κ2) is 2.07. The Morgan fingerprint density at radius 3 is 3.00 bits per heavy atom. The number of allylic oxidation sites excluding steroid dienone is 1. The SMILES string of the molecule is CC1CC=C(F)C=N1. The first-order valence-electron chi connectivity index (χ1n) is 2.68. The van der Waals surface area contributed by atoms with Crippen molar-refractivity contribution in [3.63, 3.8) is 0 Å². The van der Waals surface area contributed by atoms with Crippen LogP contribution in [0.25, 0.3) is 0 Å². The summed E-state index contributed by atoms with van der Waals surface area (Å²) in [5.41, 5.74) is 0. The van der Waals surface area contributed by atoms with Crippen LogP contribution in [0, 0.1) is 0 Å². The predicted octanol–water partition coefficient (Wildman–Crippen LogP) is 1.70. The summed E-state index contributed by atoms with van der Waals surface area (Å²) < 4.78 is 12.1. The smallest absolute Gasteiger partial charge is 0.137 e. The Balaban J connectivity index is 2.58.